The van der Waals surface area contributed by atoms with Crippen molar-refractivity contribution < 1.29 is 0 Å². The molecule has 4 rings (SSSR count). The molecule has 0 saturated heterocycles. The van der Waals surface area contributed by atoms with Gasteiger partial charge in [0.1, 0.15) is 0 Å². The van der Waals surface area contributed by atoms with Gasteiger partial charge in [-0.1, -0.05) is 50.9 Å². The highest BCUT2D eigenvalue weighted by molar-refractivity contribution is 6.31. The van der Waals surface area contributed by atoms with E-state index >= 15 is 0 Å². The first-order valence-corrected chi connectivity index (χ1v) is 9.83. The van der Waals surface area contributed by atoms with Gasteiger partial charge in [-0.15, -0.1) is 0 Å². The van der Waals surface area contributed by atoms with Crippen LogP contribution in [0.25, 0.3) is 21.8 Å². The predicted octanol–water partition coefficient (Wildman–Crippen LogP) is 8.18. The Hall–Kier alpha value is -1.90. The molecule has 2 N–H and O–H groups in total. The molecule has 0 unspecified atom stereocenters. The number of hydrogen-bond acceptors (Lipinski definition) is 0. The second kappa shape index (κ2) is 9.70. The number of fused-ring (bicyclic) bond motifs is 2. The predicted molar refractivity (Wildman–Crippen MR) is 117 cm³/mol. The van der Waals surface area contributed by atoms with E-state index in [1.165, 1.54) is 16.5 Å². The summed E-state index contributed by atoms with van der Waals surface area (Å²) in [5.74, 6) is 0.585. The summed E-state index contributed by atoms with van der Waals surface area (Å²) in [4.78, 5) is 6.36. The van der Waals surface area contributed by atoms with Crippen molar-refractivity contribution >= 4 is 45.0 Å². The van der Waals surface area contributed by atoms with Crippen LogP contribution in [0, 0.1) is 0 Å². The van der Waals surface area contributed by atoms with Crippen LogP contribution >= 0.6 is 23.2 Å². The van der Waals surface area contributed by atoms with Crippen LogP contribution in [-0.2, 0) is 0 Å². The van der Waals surface area contributed by atoms with Crippen LogP contribution < -0.4 is 0 Å². The molecule has 2 aromatic carbocycles. The Balaban J connectivity index is 0.000000178. The summed E-state index contributed by atoms with van der Waals surface area (Å²) < 4.78 is 0. The molecule has 0 spiro atoms. The van der Waals surface area contributed by atoms with Crippen LogP contribution in [0.4, 0.5) is 0 Å². The lowest BCUT2D eigenvalue weighted by atomic mass is 9.98. The second-order valence-corrected chi connectivity index (χ2v) is 6.83. The highest BCUT2D eigenvalue weighted by Gasteiger charge is 2.09. The van der Waals surface area contributed by atoms with Gasteiger partial charge in [0.25, 0.3) is 0 Å². The Morgan fingerprint density at radius 1 is 0.885 bits per heavy atom. The smallest absolute Gasteiger partial charge is 0.0457 e. The molecule has 0 aliphatic carbocycles. The van der Waals surface area contributed by atoms with Crippen LogP contribution in [0.3, 0.4) is 0 Å². The number of rotatable bonds is 2. The van der Waals surface area contributed by atoms with Crippen molar-refractivity contribution in [1.82, 2.24) is 9.97 Å². The number of H-pyrrole nitrogens is 2. The molecule has 2 heterocycles. The minimum Gasteiger partial charge on any atom is -0.361 e. The van der Waals surface area contributed by atoms with Crippen molar-refractivity contribution in [2.75, 3.05) is 0 Å². The first-order valence-electron chi connectivity index (χ1n) is 9.07. The Kier molecular flexibility index (Phi) is 7.62. The van der Waals surface area contributed by atoms with E-state index in [4.69, 9.17) is 23.2 Å². The van der Waals surface area contributed by atoms with E-state index in [9.17, 15) is 0 Å². The zero-order valence-electron chi connectivity index (χ0n) is 15.7. The molecule has 0 saturated carbocycles. The zero-order chi connectivity index (χ0) is 19.1. The molecule has 0 amide bonds. The van der Waals surface area contributed by atoms with Gasteiger partial charge in [-0.2, -0.15) is 0 Å². The standard InChI is InChI=1S/C12H14ClN.C8H6ClN.C2H6/c1-3-8(2)11-7-14-12-5-4-9(13)6-10(11)12;9-7-1-2-8-6(5-7)3-4-10-8;1-2/h4-8,14H,3H2,1-2H3;1-5,10H;1-2H3/t8-;;/m0../s1. The molecule has 4 heteroatoms. The Labute approximate surface area is 165 Å². The van der Waals surface area contributed by atoms with Gasteiger partial charge in [0.15, 0.2) is 0 Å². The summed E-state index contributed by atoms with van der Waals surface area (Å²) >= 11 is 11.7. The van der Waals surface area contributed by atoms with Crippen molar-refractivity contribution in [3.8, 4) is 0 Å². The fourth-order valence-corrected chi connectivity index (χ4v) is 3.12. The summed E-state index contributed by atoms with van der Waals surface area (Å²) in [7, 11) is 0. The molecule has 2 nitrogen and oxygen atoms in total. The Bertz CT molecular complexity index is 953. The molecule has 1 atom stereocenters. The third-order valence-electron chi connectivity index (χ3n) is 4.33. The van der Waals surface area contributed by atoms with Crippen LogP contribution in [0.1, 0.15) is 45.6 Å². The monoisotopic (exact) mass is 388 g/mol. The quantitative estimate of drug-likeness (QED) is 0.346. The minimum atomic E-state index is 0.585. The molecule has 2 aromatic heterocycles. The number of aromatic nitrogens is 2. The van der Waals surface area contributed by atoms with Crippen molar-refractivity contribution in [3.63, 3.8) is 0 Å². The van der Waals surface area contributed by atoms with Gasteiger partial charge >= 0.3 is 0 Å². The second-order valence-electron chi connectivity index (χ2n) is 5.95. The maximum absolute atomic E-state index is 5.98. The van der Waals surface area contributed by atoms with Gasteiger partial charge in [0.2, 0.25) is 0 Å². The number of nitrogens with one attached hydrogen (secondary N) is 2. The van der Waals surface area contributed by atoms with Crippen molar-refractivity contribution in [2.45, 2.75) is 40.0 Å². The molecule has 26 heavy (non-hydrogen) atoms. The minimum absolute atomic E-state index is 0.585. The highest BCUT2D eigenvalue weighted by atomic mass is 35.5. The van der Waals surface area contributed by atoms with Gasteiger partial charge in [-0.05, 0) is 60.4 Å². The Morgan fingerprint density at radius 2 is 1.54 bits per heavy atom. The largest absolute Gasteiger partial charge is 0.361 e. The third-order valence-corrected chi connectivity index (χ3v) is 4.80. The van der Waals surface area contributed by atoms with Crippen molar-refractivity contribution in [3.05, 3.63) is 70.5 Å². The zero-order valence-corrected chi connectivity index (χ0v) is 17.2. The number of hydrogen-bond donors (Lipinski definition) is 2. The molecule has 138 valence electrons. The van der Waals surface area contributed by atoms with Gasteiger partial charge in [0, 0.05) is 44.2 Å². The topological polar surface area (TPSA) is 31.6 Å². The molecule has 4 aromatic rings. The lowest BCUT2D eigenvalue weighted by Crippen LogP contribution is -1.88. The first-order chi connectivity index (χ1) is 12.6. The third kappa shape index (κ3) is 4.84. The maximum atomic E-state index is 5.98. The summed E-state index contributed by atoms with van der Waals surface area (Å²) in [5.41, 5.74) is 3.67. The molecule has 0 radical (unpaired) electrons. The van der Waals surface area contributed by atoms with Crippen LogP contribution in [-0.4, -0.2) is 9.97 Å². The normalized spacial score (nSPS) is 11.5. The first kappa shape index (κ1) is 20.4. The fraction of sp³-hybridized carbons (Fsp3) is 0.273. The maximum Gasteiger partial charge on any atom is 0.0457 e. The lowest BCUT2D eigenvalue weighted by Gasteiger charge is -2.06. The van der Waals surface area contributed by atoms with Crippen molar-refractivity contribution in [2.24, 2.45) is 0 Å². The average molecular weight is 389 g/mol. The molecular formula is C22H26Cl2N2. The summed E-state index contributed by atoms with van der Waals surface area (Å²) in [6, 6.07) is 13.8. The van der Waals surface area contributed by atoms with E-state index in [0.29, 0.717) is 5.92 Å². The molecule has 0 bridgehead atoms. The summed E-state index contributed by atoms with van der Waals surface area (Å²) in [6.45, 7) is 8.44. The van der Waals surface area contributed by atoms with Crippen LogP contribution in [0.15, 0.2) is 54.9 Å². The van der Waals surface area contributed by atoms with Gasteiger partial charge < -0.3 is 9.97 Å². The number of halogens is 2. The number of benzene rings is 2. The van der Waals surface area contributed by atoms with Crippen LogP contribution in [0.5, 0.6) is 0 Å². The van der Waals surface area contributed by atoms with Gasteiger partial charge in [0.05, 0.1) is 0 Å². The Morgan fingerprint density at radius 3 is 2.23 bits per heavy atom. The summed E-state index contributed by atoms with van der Waals surface area (Å²) in [6.07, 6.45) is 5.15. The van der Waals surface area contributed by atoms with Gasteiger partial charge in [-0.25, -0.2) is 0 Å². The SMILES string of the molecule is CC.CC[C@H](C)c1c[nH]c2ccc(Cl)cc12.Clc1ccc2[nH]ccc2c1. The fourth-order valence-electron chi connectivity index (χ4n) is 2.77. The molecular weight excluding hydrogens is 363 g/mol. The van der Waals surface area contributed by atoms with Gasteiger partial charge in [-0.3, -0.25) is 0 Å². The van der Waals surface area contributed by atoms with E-state index in [1.807, 2.05) is 62.5 Å². The molecule has 0 aliphatic heterocycles. The average Bonchev–Trinajstić information content (AvgIpc) is 3.29. The van der Waals surface area contributed by atoms with E-state index in [2.05, 4.69) is 30.0 Å². The van der Waals surface area contributed by atoms with Crippen molar-refractivity contribution in [1.29, 1.82) is 0 Å². The lowest BCUT2D eigenvalue weighted by molar-refractivity contribution is 0.739. The van der Waals surface area contributed by atoms with E-state index in [0.717, 1.165) is 27.4 Å². The molecule has 0 aliphatic rings. The van der Waals surface area contributed by atoms with E-state index in [-0.39, 0.29) is 0 Å². The molecule has 0 fully saturated rings. The number of aromatic amines is 2. The van der Waals surface area contributed by atoms with E-state index in [1.54, 1.807) is 0 Å². The highest BCUT2D eigenvalue weighted by Crippen LogP contribution is 2.29. The van der Waals surface area contributed by atoms with Crippen LogP contribution in [0.2, 0.25) is 10.0 Å². The van der Waals surface area contributed by atoms with E-state index < -0.39 is 0 Å². The summed E-state index contributed by atoms with van der Waals surface area (Å²) in [5, 5.41) is 4.01.